The Morgan fingerprint density at radius 3 is 2.65 bits per heavy atom. The molecule has 9 heteroatoms. The van der Waals surface area contributed by atoms with E-state index < -0.39 is 18.0 Å². The fourth-order valence-corrected chi connectivity index (χ4v) is 4.09. The number of amides is 1. The standard InChI is InChI=1S/C25H24N4O4S/c1-3-16-8-10-17(11-9-16)20-14-34-25(27-20)29-23(31)15(2)33-22(30)13-12-21-26-19-7-5-4-6-18(19)24(32)28-21/h4-11,14-15H,3,12-13H2,1-2H3,(H,26,28,32)(H,27,29,31)/t15-/m0/s1. The first-order valence-electron chi connectivity index (χ1n) is 11.0. The van der Waals surface area contributed by atoms with Gasteiger partial charge in [-0.3, -0.25) is 19.7 Å². The van der Waals surface area contributed by atoms with Crippen LogP contribution in [0.2, 0.25) is 0 Å². The summed E-state index contributed by atoms with van der Waals surface area (Å²) in [6.45, 7) is 3.60. The lowest BCUT2D eigenvalue weighted by Crippen LogP contribution is -2.30. The average Bonchev–Trinajstić information content (AvgIpc) is 3.31. The molecule has 2 aromatic heterocycles. The van der Waals surface area contributed by atoms with Crippen LogP contribution in [0.4, 0.5) is 5.13 Å². The summed E-state index contributed by atoms with van der Waals surface area (Å²) in [6.07, 6.45) is 0.146. The van der Waals surface area contributed by atoms with Gasteiger partial charge in [-0.2, -0.15) is 0 Å². The first-order chi connectivity index (χ1) is 16.4. The highest BCUT2D eigenvalue weighted by atomic mass is 32.1. The Bertz CT molecular complexity index is 1380. The number of aromatic nitrogens is 3. The summed E-state index contributed by atoms with van der Waals surface area (Å²) in [4.78, 5) is 48.3. The van der Waals surface area contributed by atoms with Crippen LogP contribution in [0.15, 0.2) is 58.7 Å². The lowest BCUT2D eigenvalue weighted by Gasteiger charge is -2.12. The van der Waals surface area contributed by atoms with Crippen molar-refractivity contribution in [3.05, 3.63) is 75.7 Å². The van der Waals surface area contributed by atoms with E-state index in [0.29, 0.717) is 21.9 Å². The molecule has 0 unspecified atom stereocenters. The summed E-state index contributed by atoms with van der Waals surface area (Å²) >= 11 is 1.30. The Labute approximate surface area is 200 Å². The van der Waals surface area contributed by atoms with E-state index in [0.717, 1.165) is 17.7 Å². The molecule has 0 spiro atoms. The lowest BCUT2D eigenvalue weighted by atomic mass is 10.1. The summed E-state index contributed by atoms with van der Waals surface area (Å²) in [5, 5.41) is 5.48. The van der Waals surface area contributed by atoms with E-state index >= 15 is 0 Å². The number of nitrogens with one attached hydrogen (secondary N) is 2. The maximum Gasteiger partial charge on any atom is 0.307 e. The molecule has 0 radical (unpaired) electrons. The van der Waals surface area contributed by atoms with E-state index in [1.807, 2.05) is 17.5 Å². The van der Waals surface area contributed by atoms with Crippen LogP contribution < -0.4 is 10.9 Å². The normalized spacial score (nSPS) is 11.8. The third-order valence-electron chi connectivity index (χ3n) is 5.30. The van der Waals surface area contributed by atoms with Crippen LogP contribution in [0.25, 0.3) is 22.2 Å². The Kier molecular flexibility index (Phi) is 7.12. The predicted octanol–water partition coefficient (Wildman–Crippen LogP) is 4.11. The van der Waals surface area contributed by atoms with Gasteiger partial charge in [0.1, 0.15) is 5.82 Å². The molecule has 0 saturated heterocycles. The van der Waals surface area contributed by atoms with E-state index in [1.165, 1.54) is 23.8 Å². The monoisotopic (exact) mass is 476 g/mol. The van der Waals surface area contributed by atoms with Gasteiger partial charge in [0.25, 0.3) is 11.5 Å². The minimum atomic E-state index is -0.993. The van der Waals surface area contributed by atoms with Crippen LogP contribution in [-0.2, 0) is 27.2 Å². The first-order valence-corrected chi connectivity index (χ1v) is 11.8. The van der Waals surface area contributed by atoms with Crippen molar-refractivity contribution < 1.29 is 14.3 Å². The Balaban J connectivity index is 1.30. The Morgan fingerprint density at radius 2 is 1.88 bits per heavy atom. The summed E-state index contributed by atoms with van der Waals surface area (Å²) in [7, 11) is 0. The van der Waals surface area contributed by atoms with Gasteiger partial charge in [-0.05, 0) is 31.0 Å². The minimum Gasteiger partial charge on any atom is -0.453 e. The summed E-state index contributed by atoms with van der Waals surface area (Å²) in [6, 6.07) is 15.1. The second kappa shape index (κ2) is 10.4. The fourth-order valence-electron chi connectivity index (χ4n) is 3.37. The van der Waals surface area contributed by atoms with E-state index in [1.54, 1.807) is 24.3 Å². The molecule has 0 fully saturated rings. The van der Waals surface area contributed by atoms with Crippen molar-refractivity contribution in [3.63, 3.8) is 0 Å². The van der Waals surface area contributed by atoms with Crippen molar-refractivity contribution in [3.8, 4) is 11.3 Å². The van der Waals surface area contributed by atoms with Crippen LogP contribution in [0.3, 0.4) is 0 Å². The maximum absolute atomic E-state index is 12.5. The van der Waals surface area contributed by atoms with Gasteiger partial charge in [0, 0.05) is 17.4 Å². The lowest BCUT2D eigenvalue weighted by molar-refractivity contribution is -0.153. The SMILES string of the molecule is CCc1ccc(-c2csc(NC(=O)[C@H](C)OC(=O)CCc3nc4ccccc4c(=O)[nH]3)n2)cc1. The minimum absolute atomic E-state index is 0.0198. The number of carbonyl (C=O) groups is 2. The number of ether oxygens (including phenoxy) is 1. The van der Waals surface area contributed by atoms with Gasteiger partial charge in [-0.25, -0.2) is 9.97 Å². The van der Waals surface area contributed by atoms with E-state index in [9.17, 15) is 14.4 Å². The van der Waals surface area contributed by atoms with Crippen LogP contribution in [0, 0.1) is 0 Å². The van der Waals surface area contributed by atoms with Gasteiger partial charge in [0.15, 0.2) is 11.2 Å². The first kappa shape index (κ1) is 23.3. The van der Waals surface area contributed by atoms with Crippen molar-refractivity contribution in [1.82, 2.24) is 15.0 Å². The quantitative estimate of drug-likeness (QED) is 0.370. The molecule has 174 valence electrons. The van der Waals surface area contributed by atoms with Crippen LogP contribution in [0.5, 0.6) is 0 Å². The van der Waals surface area contributed by atoms with Gasteiger partial charge in [0.2, 0.25) is 0 Å². The highest BCUT2D eigenvalue weighted by Crippen LogP contribution is 2.25. The number of rotatable bonds is 8. The van der Waals surface area contributed by atoms with Crippen molar-refractivity contribution >= 4 is 39.2 Å². The van der Waals surface area contributed by atoms with Crippen LogP contribution in [-0.4, -0.2) is 32.9 Å². The number of aryl methyl sites for hydroxylation is 2. The van der Waals surface area contributed by atoms with E-state index in [-0.39, 0.29) is 18.4 Å². The number of nitrogens with zero attached hydrogens (tertiary/aromatic N) is 2. The number of carbonyl (C=O) groups excluding carboxylic acids is 2. The molecule has 1 amide bonds. The van der Waals surface area contributed by atoms with E-state index in [4.69, 9.17) is 4.74 Å². The maximum atomic E-state index is 12.5. The van der Waals surface area contributed by atoms with Crippen molar-refractivity contribution in [2.75, 3.05) is 5.32 Å². The molecular weight excluding hydrogens is 452 g/mol. The van der Waals surface area contributed by atoms with Gasteiger partial charge in [-0.15, -0.1) is 11.3 Å². The molecule has 2 N–H and O–H groups in total. The van der Waals surface area contributed by atoms with Gasteiger partial charge < -0.3 is 9.72 Å². The van der Waals surface area contributed by atoms with Crippen LogP contribution >= 0.6 is 11.3 Å². The average molecular weight is 477 g/mol. The number of benzene rings is 2. The molecule has 2 aromatic carbocycles. The molecule has 34 heavy (non-hydrogen) atoms. The molecule has 8 nitrogen and oxygen atoms in total. The second-order valence-corrected chi connectivity index (χ2v) is 8.60. The Hall–Kier alpha value is -3.85. The predicted molar refractivity (Wildman–Crippen MR) is 132 cm³/mol. The number of thiazole rings is 1. The fraction of sp³-hybridized carbons (Fsp3) is 0.240. The Morgan fingerprint density at radius 1 is 1.12 bits per heavy atom. The number of anilines is 1. The highest BCUT2D eigenvalue weighted by Gasteiger charge is 2.19. The van der Waals surface area contributed by atoms with Gasteiger partial charge >= 0.3 is 5.97 Å². The van der Waals surface area contributed by atoms with E-state index in [2.05, 4.69) is 39.3 Å². The number of esters is 1. The molecule has 0 aliphatic rings. The molecular formula is C25H24N4O4S. The smallest absolute Gasteiger partial charge is 0.307 e. The number of hydrogen-bond donors (Lipinski definition) is 2. The highest BCUT2D eigenvalue weighted by molar-refractivity contribution is 7.14. The molecule has 0 saturated carbocycles. The zero-order chi connectivity index (χ0) is 24.1. The molecule has 1 atom stereocenters. The summed E-state index contributed by atoms with van der Waals surface area (Å²) < 4.78 is 5.25. The summed E-state index contributed by atoms with van der Waals surface area (Å²) in [5.41, 5.74) is 3.28. The number of fused-ring (bicyclic) bond motifs is 1. The summed E-state index contributed by atoms with van der Waals surface area (Å²) in [5.74, 6) is -0.637. The largest absolute Gasteiger partial charge is 0.453 e. The third-order valence-corrected chi connectivity index (χ3v) is 6.06. The molecule has 0 bridgehead atoms. The molecule has 0 aliphatic carbocycles. The molecule has 0 aliphatic heterocycles. The number of hydrogen-bond acceptors (Lipinski definition) is 7. The van der Waals surface area contributed by atoms with Crippen molar-refractivity contribution in [1.29, 1.82) is 0 Å². The van der Waals surface area contributed by atoms with Gasteiger partial charge in [-0.1, -0.05) is 43.3 Å². The molecule has 4 aromatic rings. The number of aromatic amines is 1. The third kappa shape index (κ3) is 5.55. The number of para-hydroxylation sites is 1. The van der Waals surface area contributed by atoms with Gasteiger partial charge in [0.05, 0.1) is 23.0 Å². The van der Waals surface area contributed by atoms with Crippen molar-refractivity contribution in [2.24, 2.45) is 0 Å². The molecule has 2 heterocycles. The zero-order valence-electron chi connectivity index (χ0n) is 18.8. The van der Waals surface area contributed by atoms with Crippen molar-refractivity contribution in [2.45, 2.75) is 39.2 Å². The van der Waals surface area contributed by atoms with Crippen LogP contribution in [0.1, 0.15) is 31.7 Å². The zero-order valence-corrected chi connectivity index (χ0v) is 19.6. The second-order valence-electron chi connectivity index (χ2n) is 7.74. The molecule has 4 rings (SSSR count). The number of H-pyrrole nitrogens is 1. The topological polar surface area (TPSA) is 114 Å².